The van der Waals surface area contributed by atoms with Gasteiger partial charge in [0.25, 0.3) is 5.78 Å². The van der Waals surface area contributed by atoms with Crippen molar-refractivity contribution in [3.63, 3.8) is 0 Å². The van der Waals surface area contributed by atoms with Crippen LogP contribution in [-0.4, -0.2) is 69.7 Å². The van der Waals surface area contributed by atoms with Crippen LogP contribution in [0.5, 0.6) is 23.0 Å². The molecule has 0 unspecified atom stereocenters. The summed E-state index contributed by atoms with van der Waals surface area (Å²) in [7, 11) is 0. The number of pyridine rings is 3. The Hall–Kier alpha value is -6.90. The van der Waals surface area contributed by atoms with E-state index in [1.165, 1.54) is 31.6 Å². The number of aromatic carboxylic acids is 1. The average Bonchev–Trinajstić information content (AvgIpc) is 3.84. The van der Waals surface area contributed by atoms with Crippen molar-refractivity contribution in [1.82, 2.24) is 15.0 Å². The highest BCUT2D eigenvalue weighted by atomic mass is 16.7. The molecule has 7 rings (SSSR count). The maximum Gasteiger partial charge on any atom is 0.379 e. The lowest BCUT2D eigenvalue weighted by Crippen LogP contribution is -2.29. The number of carboxylic acid groups (broad SMARTS) is 1. The Kier molecular flexibility index (Phi) is 11.8. The number of carbonyl (C=O) groups is 5. The van der Waals surface area contributed by atoms with Crippen LogP contribution in [0.4, 0.5) is 5.69 Å². The molecule has 0 bridgehead atoms. The van der Waals surface area contributed by atoms with Gasteiger partial charge in [0.05, 0.1) is 34.6 Å². The highest BCUT2D eigenvalue weighted by molar-refractivity contribution is 6.42. The number of hydrogen-bond donors (Lipinski definition) is 2. The highest BCUT2D eigenvalue weighted by Gasteiger charge is 2.26. The number of carboxylic acids is 1. The van der Waals surface area contributed by atoms with Crippen molar-refractivity contribution in [1.29, 1.82) is 0 Å². The number of anilines is 1. The van der Waals surface area contributed by atoms with Crippen molar-refractivity contribution < 1.29 is 52.8 Å². The summed E-state index contributed by atoms with van der Waals surface area (Å²) in [6.45, 7) is 8.92. The molecule has 15 nitrogen and oxygen atoms in total. The number of fused-ring (bicyclic) bond motifs is 3. The number of aromatic nitrogens is 3. The molecule has 5 heterocycles. The van der Waals surface area contributed by atoms with Crippen LogP contribution >= 0.6 is 0 Å². The first kappa shape index (κ1) is 38.3. The number of amides is 1. The van der Waals surface area contributed by atoms with Crippen molar-refractivity contribution in [2.24, 2.45) is 5.41 Å². The van der Waals surface area contributed by atoms with Gasteiger partial charge in [-0.2, -0.15) is 0 Å². The second-order valence-electron chi connectivity index (χ2n) is 12.6. The van der Waals surface area contributed by atoms with Crippen LogP contribution in [0.15, 0.2) is 79.4 Å². The molecule has 0 saturated carbocycles. The van der Waals surface area contributed by atoms with E-state index in [0.29, 0.717) is 45.2 Å². The van der Waals surface area contributed by atoms with E-state index in [-0.39, 0.29) is 48.7 Å². The Bertz CT molecular complexity index is 2250. The van der Waals surface area contributed by atoms with Crippen LogP contribution < -0.4 is 24.3 Å². The fourth-order valence-corrected chi connectivity index (χ4v) is 4.87. The molecule has 0 saturated heterocycles. The molecule has 1 amide bonds. The zero-order valence-electron chi connectivity index (χ0n) is 30.0. The normalized spacial score (nSPS) is 12.0. The summed E-state index contributed by atoms with van der Waals surface area (Å²) in [5.74, 6) is -0.367. The number of rotatable bonds is 7. The molecule has 0 fully saturated rings. The van der Waals surface area contributed by atoms with E-state index in [1.807, 2.05) is 6.07 Å². The molecule has 2 aliphatic rings. The smallest absolute Gasteiger partial charge is 0.379 e. The molecule has 2 aromatic carbocycles. The van der Waals surface area contributed by atoms with Crippen LogP contribution in [0, 0.1) is 5.41 Å². The van der Waals surface area contributed by atoms with Crippen molar-refractivity contribution in [3.8, 4) is 34.3 Å². The number of hydrogen-bond acceptors (Lipinski definition) is 13. The van der Waals surface area contributed by atoms with E-state index >= 15 is 0 Å². The Balaban J connectivity index is 0.000000162. The Labute approximate surface area is 309 Å². The molecular weight excluding hydrogens is 700 g/mol. The van der Waals surface area contributed by atoms with Gasteiger partial charge < -0.3 is 34.1 Å². The Morgan fingerprint density at radius 1 is 0.796 bits per heavy atom. The first-order valence-electron chi connectivity index (χ1n) is 16.5. The van der Waals surface area contributed by atoms with Crippen LogP contribution in [0.1, 0.15) is 65.7 Å². The third-order valence-corrected chi connectivity index (χ3v) is 7.74. The van der Waals surface area contributed by atoms with Crippen molar-refractivity contribution in [2.45, 2.75) is 34.6 Å². The number of nitrogens with zero attached hydrogens (tertiary/aromatic N) is 3. The molecule has 2 N–H and O–H groups in total. The quantitative estimate of drug-likeness (QED) is 0.109. The fraction of sp³-hybridized carbons (Fsp3) is 0.231. The van der Waals surface area contributed by atoms with Crippen molar-refractivity contribution in [2.75, 3.05) is 25.5 Å². The maximum atomic E-state index is 11.9. The molecule has 2 aliphatic heterocycles. The molecular formula is C39H36N4O11. The van der Waals surface area contributed by atoms with Gasteiger partial charge in [0.1, 0.15) is 0 Å². The van der Waals surface area contributed by atoms with Gasteiger partial charge in [0, 0.05) is 46.7 Å². The van der Waals surface area contributed by atoms with E-state index in [9.17, 15) is 29.1 Å². The van der Waals surface area contributed by atoms with Gasteiger partial charge in [-0.05, 0) is 68.4 Å². The molecule has 3 aromatic heterocycles. The first-order chi connectivity index (χ1) is 25.8. The summed E-state index contributed by atoms with van der Waals surface area (Å²) < 4.78 is 25.5. The predicted molar refractivity (Wildman–Crippen MR) is 194 cm³/mol. The Morgan fingerprint density at radius 2 is 1.43 bits per heavy atom. The van der Waals surface area contributed by atoms with Gasteiger partial charge in [-0.1, -0.05) is 20.8 Å². The molecule has 0 aliphatic carbocycles. The minimum absolute atomic E-state index is 0.0172. The van der Waals surface area contributed by atoms with Crippen molar-refractivity contribution in [3.05, 3.63) is 96.1 Å². The summed E-state index contributed by atoms with van der Waals surface area (Å²) in [6, 6.07) is 15.3. The van der Waals surface area contributed by atoms with E-state index < -0.39 is 23.1 Å². The van der Waals surface area contributed by atoms with Crippen molar-refractivity contribution >= 4 is 46.0 Å². The molecule has 0 spiro atoms. The summed E-state index contributed by atoms with van der Waals surface area (Å²) in [5, 5.41) is 12.5. The van der Waals surface area contributed by atoms with Gasteiger partial charge in [0.15, 0.2) is 28.8 Å². The summed E-state index contributed by atoms with van der Waals surface area (Å²) in [4.78, 5) is 70.0. The maximum absolute atomic E-state index is 11.9. The number of Topliss-reactive ketones (excluding diaryl/α,β-unsaturated/α-hetero) is 2. The van der Waals surface area contributed by atoms with Gasteiger partial charge in [-0.3, -0.25) is 24.4 Å². The summed E-state index contributed by atoms with van der Waals surface area (Å²) in [6.07, 6.45) is 5.76. The molecule has 54 heavy (non-hydrogen) atoms. The summed E-state index contributed by atoms with van der Waals surface area (Å²) in [5.41, 5.74) is 2.39. The average molecular weight is 737 g/mol. The number of ketones is 2. The molecule has 15 heteroatoms. The molecule has 5 aromatic rings. The number of benzene rings is 2. The van der Waals surface area contributed by atoms with Crippen LogP contribution in [-0.2, 0) is 14.3 Å². The zero-order chi connectivity index (χ0) is 39.0. The van der Waals surface area contributed by atoms with Gasteiger partial charge >= 0.3 is 11.9 Å². The second-order valence-corrected chi connectivity index (χ2v) is 12.6. The van der Waals surface area contributed by atoms with E-state index in [2.05, 4.69) is 25.0 Å². The number of ether oxygens (including phenoxy) is 5. The molecule has 278 valence electrons. The van der Waals surface area contributed by atoms with Crippen LogP contribution in [0.25, 0.3) is 22.2 Å². The largest absolute Gasteiger partial charge is 0.478 e. The van der Waals surface area contributed by atoms with E-state index in [1.54, 1.807) is 76.4 Å². The number of esters is 1. The van der Waals surface area contributed by atoms with E-state index in [4.69, 9.17) is 18.9 Å². The van der Waals surface area contributed by atoms with Crippen LogP contribution in [0.2, 0.25) is 0 Å². The number of carbonyl (C=O) groups excluding carboxylic acids is 4. The minimum atomic E-state index is -1.01. The van der Waals surface area contributed by atoms with Gasteiger partial charge in [-0.15, -0.1) is 0 Å². The second kappa shape index (κ2) is 16.6. The summed E-state index contributed by atoms with van der Waals surface area (Å²) >= 11 is 0. The standard InChI is InChI=1S/C16H10N2O4.C14H18N2O4.C9H8O3/c19-16(20)10-6-13(18-12-3-4-17-7-11(10)12)9-1-2-14-15(5-9)22-8-21-14;1-5-20-12(18)11(17)9-8-15-7-6-10(9)16-13(19)14(2,3)4;1-6(10)7-2-3-8-9(4-7)12-5-11-8/h1-7H,8H2,(H,19,20);6-8H,5H2,1-4H3,(H,15,16,19);2-4H,5H2,1H3. The number of nitrogens with one attached hydrogen (secondary N) is 1. The lowest BCUT2D eigenvalue weighted by atomic mass is 9.95. The minimum Gasteiger partial charge on any atom is -0.478 e. The van der Waals surface area contributed by atoms with Gasteiger partial charge in [0.2, 0.25) is 19.5 Å². The third kappa shape index (κ3) is 9.11. The molecule has 0 atom stereocenters. The molecule has 0 radical (unpaired) electrons. The topological polar surface area (TPSA) is 202 Å². The lowest BCUT2D eigenvalue weighted by molar-refractivity contribution is -0.137. The van der Waals surface area contributed by atoms with Gasteiger partial charge in [-0.25, -0.2) is 14.6 Å². The highest BCUT2D eigenvalue weighted by Crippen LogP contribution is 2.36. The SMILES string of the molecule is CC(=O)c1ccc2c(c1)OCO2.CCOC(=O)C(=O)c1cnccc1NC(=O)C(C)(C)C.O=C(O)c1cc(-c2ccc3c(c2)OCO3)nc2ccncc12. The Morgan fingerprint density at radius 3 is 2.07 bits per heavy atom. The lowest BCUT2D eigenvalue weighted by Gasteiger charge is -2.18. The third-order valence-electron chi connectivity index (χ3n) is 7.74. The predicted octanol–water partition coefficient (Wildman–Crippen LogP) is 6.15. The van der Waals surface area contributed by atoms with Crippen LogP contribution in [0.3, 0.4) is 0 Å². The first-order valence-corrected chi connectivity index (χ1v) is 16.5. The fourth-order valence-electron chi connectivity index (χ4n) is 4.87. The monoisotopic (exact) mass is 736 g/mol. The van der Waals surface area contributed by atoms with E-state index in [0.717, 1.165) is 5.56 Å². The zero-order valence-corrected chi connectivity index (χ0v) is 30.0.